The zero-order valence-electron chi connectivity index (χ0n) is 17.5. The van der Waals surface area contributed by atoms with Gasteiger partial charge in [-0.25, -0.2) is 4.79 Å². The number of Topliss-reactive ketones (excluding diaryl/α,β-unsaturated/α-hetero) is 1. The topological polar surface area (TPSA) is 180 Å². The highest BCUT2D eigenvalue weighted by Gasteiger charge is 2.45. The summed E-state index contributed by atoms with van der Waals surface area (Å²) in [6.45, 7) is 0.525. The van der Waals surface area contributed by atoms with Crippen LogP contribution in [0.4, 0.5) is 0 Å². The van der Waals surface area contributed by atoms with Crippen LogP contribution in [-0.4, -0.2) is 87.0 Å². The lowest BCUT2D eigenvalue weighted by Crippen LogP contribution is -2.60. The molecule has 5 N–H and O–H groups in total. The maximum absolute atomic E-state index is 12.8. The fourth-order valence-corrected chi connectivity index (χ4v) is 3.74. The van der Waals surface area contributed by atoms with E-state index in [0.29, 0.717) is 6.29 Å². The highest BCUT2D eigenvalue weighted by molar-refractivity contribution is 6.04. The van der Waals surface area contributed by atoms with E-state index in [4.69, 9.17) is 14.2 Å². The van der Waals surface area contributed by atoms with Crippen molar-refractivity contribution in [1.82, 2.24) is 0 Å². The number of phenols is 1. The quantitative estimate of drug-likeness (QED) is 0.112. The average Bonchev–Trinajstić information content (AvgIpc) is 2.76. The van der Waals surface area contributed by atoms with E-state index in [-0.39, 0.29) is 28.9 Å². The van der Waals surface area contributed by atoms with Gasteiger partial charge in [-0.05, 0) is 24.6 Å². The number of aromatic hydroxyl groups is 1. The number of benzene rings is 1. The van der Waals surface area contributed by atoms with Gasteiger partial charge in [0, 0.05) is 12.5 Å². The van der Waals surface area contributed by atoms with Crippen molar-refractivity contribution in [1.29, 1.82) is 0 Å². The van der Waals surface area contributed by atoms with Crippen LogP contribution in [0.25, 0.3) is 0 Å². The minimum absolute atomic E-state index is 0.000851. The number of aliphatic hydroxyl groups is 4. The van der Waals surface area contributed by atoms with Gasteiger partial charge in [0.1, 0.15) is 53.9 Å². The van der Waals surface area contributed by atoms with Crippen molar-refractivity contribution in [2.24, 2.45) is 0 Å². The number of aldehydes is 1. The maximum Gasteiger partial charge on any atom is 0.342 e. The van der Waals surface area contributed by atoms with Crippen molar-refractivity contribution in [2.75, 3.05) is 6.61 Å². The lowest BCUT2D eigenvalue weighted by molar-refractivity contribution is -0.277. The third kappa shape index (κ3) is 4.97. The number of hydrogen-bond donors (Lipinski definition) is 5. The third-order valence-electron chi connectivity index (χ3n) is 5.31. The van der Waals surface area contributed by atoms with E-state index in [2.05, 4.69) is 0 Å². The van der Waals surface area contributed by atoms with Gasteiger partial charge in [0.2, 0.25) is 6.29 Å². The van der Waals surface area contributed by atoms with Crippen molar-refractivity contribution in [3.05, 3.63) is 47.1 Å². The van der Waals surface area contributed by atoms with Crippen molar-refractivity contribution < 1.29 is 54.1 Å². The fraction of sp³-hybridized carbons (Fsp3) is 0.409. The summed E-state index contributed by atoms with van der Waals surface area (Å²) in [5, 5.41) is 49.9. The van der Waals surface area contributed by atoms with Gasteiger partial charge in [-0.1, -0.05) is 12.2 Å². The molecular weight excluding hydrogens is 440 g/mol. The minimum Gasteiger partial charge on any atom is -0.507 e. The van der Waals surface area contributed by atoms with Crippen LogP contribution in [0, 0.1) is 0 Å². The Labute approximate surface area is 188 Å². The fourth-order valence-electron chi connectivity index (χ4n) is 3.74. The normalized spacial score (nSPS) is 29.7. The van der Waals surface area contributed by atoms with Crippen molar-refractivity contribution in [2.45, 2.75) is 50.2 Å². The maximum atomic E-state index is 12.8. The van der Waals surface area contributed by atoms with Gasteiger partial charge >= 0.3 is 5.97 Å². The van der Waals surface area contributed by atoms with Crippen LogP contribution in [0.15, 0.2) is 30.4 Å². The average molecular weight is 464 g/mol. The third-order valence-corrected chi connectivity index (χ3v) is 5.31. The van der Waals surface area contributed by atoms with Gasteiger partial charge in [-0.2, -0.15) is 0 Å². The second-order valence-corrected chi connectivity index (χ2v) is 7.55. The molecule has 3 rings (SSSR count). The highest BCUT2D eigenvalue weighted by atomic mass is 16.7. The monoisotopic (exact) mass is 464 g/mol. The van der Waals surface area contributed by atoms with Gasteiger partial charge in [-0.15, -0.1) is 0 Å². The second-order valence-electron chi connectivity index (χ2n) is 7.55. The largest absolute Gasteiger partial charge is 0.507 e. The van der Waals surface area contributed by atoms with Gasteiger partial charge < -0.3 is 39.7 Å². The molecule has 33 heavy (non-hydrogen) atoms. The lowest BCUT2D eigenvalue weighted by atomic mass is 9.90. The summed E-state index contributed by atoms with van der Waals surface area (Å²) in [7, 11) is 0. The molecule has 1 aromatic carbocycles. The summed E-state index contributed by atoms with van der Waals surface area (Å²) in [5.74, 6) is -2.17. The van der Waals surface area contributed by atoms with E-state index in [1.54, 1.807) is 0 Å². The zero-order chi connectivity index (χ0) is 24.3. The van der Waals surface area contributed by atoms with Crippen molar-refractivity contribution in [3.8, 4) is 11.5 Å². The summed E-state index contributed by atoms with van der Waals surface area (Å²) >= 11 is 0. The number of rotatable bonds is 7. The Hall–Kier alpha value is -3.09. The van der Waals surface area contributed by atoms with E-state index in [0.717, 1.165) is 6.07 Å². The number of hydrogen-bond acceptors (Lipinski definition) is 11. The molecule has 178 valence electrons. The van der Waals surface area contributed by atoms with Crippen molar-refractivity contribution >= 4 is 18.0 Å². The molecule has 6 atom stereocenters. The van der Waals surface area contributed by atoms with Gasteiger partial charge in [0.25, 0.3) is 0 Å². The molecule has 0 bridgehead atoms. The van der Waals surface area contributed by atoms with E-state index in [9.17, 15) is 39.9 Å². The number of fused-ring (bicyclic) bond motifs is 1. The molecule has 11 heteroatoms. The molecule has 0 spiro atoms. The van der Waals surface area contributed by atoms with E-state index in [1.165, 1.54) is 31.2 Å². The van der Waals surface area contributed by atoms with Gasteiger partial charge in [0.15, 0.2) is 5.78 Å². The molecular formula is C22H24O11. The molecule has 1 saturated heterocycles. The smallest absolute Gasteiger partial charge is 0.342 e. The van der Waals surface area contributed by atoms with Crippen LogP contribution in [0.5, 0.6) is 11.5 Å². The zero-order valence-corrected chi connectivity index (χ0v) is 17.5. The molecule has 0 aliphatic carbocycles. The first-order chi connectivity index (χ1) is 15.7. The van der Waals surface area contributed by atoms with Gasteiger partial charge in [0.05, 0.1) is 12.2 Å². The Morgan fingerprint density at radius 2 is 1.91 bits per heavy atom. The second kappa shape index (κ2) is 10.2. The number of carbonyl (C=O) groups excluding carboxylic acids is 3. The number of esters is 1. The number of allylic oxidation sites excluding steroid dienone is 3. The molecule has 0 amide bonds. The van der Waals surface area contributed by atoms with Gasteiger partial charge in [-0.3, -0.25) is 9.59 Å². The molecule has 1 fully saturated rings. The molecule has 2 heterocycles. The Morgan fingerprint density at radius 3 is 2.55 bits per heavy atom. The van der Waals surface area contributed by atoms with Crippen LogP contribution in [0.1, 0.15) is 33.2 Å². The van der Waals surface area contributed by atoms with E-state index < -0.39 is 60.9 Å². The SMILES string of the molecule is CC(=O)c1c(O)cc(OC2OC(CO)C(O)C(O)C2O)c2c1CC(C=CC=CC=O)OC2=O. The minimum atomic E-state index is -1.76. The first-order valence-corrected chi connectivity index (χ1v) is 10.1. The lowest BCUT2D eigenvalue weighted by Gasteiger charge is -2.40. The van der Waals surface area contributed by atoms with Crippen molar-refractivity contribution in [3.63, 3.8) is 0 Å². The van der Waals surface area contributed by atoms with Crippen LogP contribution in [-0.2, 0) is 20.7 Å². The molecule has 6 unspecified atom stereocenters. The summed E-state index contributed by atoms with van der Waals surface area (Å²) in [4.78, 5) is 35.4. The molecule has 2 aliphatic rings. The number of ether oxygens (including phenoxy) is 3. The molecule has 2 aliphatic heterocycles. The summed E-state index contributed by atoms with van der Waals surface area (Å²) in [5.41, 5.74) is -0.139. The van der Waals surface area contributed by atoms with Crippen LogP contribution >= 0.6 is 0 Å². The summed E-state index contributed by atoms with van der Waals surface area (Å²) in [6.07, 6.45) is -2.56. The molecule has 1 aromatic rings. The van der Waals surface area contributed by atoms with E-state index in [1.807, 2.05) is 0 Å². The van der Waals surface area contributed by atoms with Crippen LogP contribution in [0.2, 0.25) is 0 Å². The predicted molar refractivity (Wildman–Crippen MR) is 110 cm³/mol. The molecule has 0 saturated carbocycles. The molecule has 0 radical (unpaired) electrons. The standard InChI is InChI=1S/C22H24O11/c1-10(25)16-12-7-11(5-3-2-4-6-23)31-21(30)17(12)14(8-13(16)26)32-22-20(29)19(28)18(27)15(9-24)33-22/h2-6,8,11,15,18-20,22,24,26-29H,7,9H2,1H3. The first-order valence-electron chi connectivity index (χ1n) is 10.1. The number of phenolic OH excluding ortho intramolecular Hbond substituents is 1. The highest BCUT2D eigenvalue weighted by Crippen LogP contribution is 2.39. The number of cyclic esters (lactones) is 1. The first kappa shape index (κ1) is 24.6. The Morgan fingerprint density at radius 1 is 1.18 bits per heavy atom. The Balaban J connectivity index is 2.00. The number of ketones is 1. The predicted octanol–water partition coefficient (Wildman–Crippen LogP) is -0.834. The Bertz CT molecular complexity index is 981. The Kier molecular flexibility index (Phi) is 7.61. The summed E-state index contributed by atoms with van der Waals surface area (Å²) < 4.78 is 16.2. The molecule has 0 aromatic heterocycles. The summed E-state index contributed by atoms with van der Waals surface area (Å²) in [6, 6.07) is 0.987. The number of carbonyl (C=O) groups is 3. The number of aliphatic hydroxyl groups excluding tert-OH is 4. The van der Waals surface area contributed by atoms with Crippen LogP contribution in [0.3, 0.4) is 0 Å². The van der Waals surface area contributed by atoms with E-state index >= 15 is 0 Å². The van der Waals surface area contributed by atoms with Crippen LogP contribution < -0.4 is 4.74 Å². The molecule has 11 nitrogen and oxygen atoms in total.